The molecule has 9 nitrogen and oxygen atoms in total. The summed E-state index contributed by atoms with van der Waals surface area (Å²) in [7, 11) is 1.61. The molecular formula is C15H24N4O5. The zero-order chi connectivity index (χ0) is 18.1. The number of hydrogen-bond donors (Lipinski definition) is 3. The van der Waals surface area contributed by atoms with Crippen molar-refractivity contribution < 1.29 is 23.9 Å². The Kier molecular flexibility index (Phi) is 7.90. The van der Waals surface area contributed by atoms with Gasteiger partial charge in [-0.2, -0.15) is 0 Å². The number of nitrogens with zero attached hydrogens (tertiary/aromatic N) is 1. The number of nitrogens with one attached hydrogen (secondary N) is 3. The molecule has 1 fully saturated rings. The molecule has 0 aromatic heterocycles. The maximum absolute atomic E-state index is 11.9. The maximum Gasteiger partial charge on any atom is 0.285 e. The van der Waals surface area contributed by atoms with Crippen LogP contribution in [0.4, 0.5) is 0 Å². The Morgan fingerprint density at radius 1 is 1.29 bits per heavy atom. The summed E-state index contributed by atoms with van der Waals surface area (Å²) in [5, 5.41) is 7.90. The largest absolute Gasteiger partial charge is 0.489 e. The van der Waals surface area contributed by atoms with Crippen LogP contribution in [0, 0.1) is 0 Å². The molecule has 1 rings (SSSR count). The first-order valence-corrected chi connectivity index (χ1v) is 7.78. The van der Waals surface area contributed by atoms with Gasteiger partial charge in [-0.3, -0.25) is 24.1 Å². The van der Waals surface area contributed by atoms with Crippen molar-refractivity contribution in [1.82, 2.24) is 20.9 Å². The van der Waals surface area contributed by atoms with Crippen molar-refractivity contribution in [2.75, 3.05) is 33.3 Å². The number of imide groups is 1. The average Bonchev–Trinajstić information content (AvgIpc) is 2.83. The van der Waals surface area contributed by atoms with E-state index in [1.54, 1.807) is 14.0 Å². The Bertz CT molecular complexity index is 520. The van der Waals surface area contributed by atoms with Gasteiger partial charge in [-0.15, -0.1) is 0 Å². The third kappa shape index (κ3) is 5.65. The lowest BCUT2D eigenvalue weighted by Crippen LogP contribution is -2.40. The Morgan fingerprint density at radius 3 is 2.54 bits per heavy atom. The van der Waals surface area contributed by atoms with Gasteiger partial charge >= 0.3 is 0 Å². The summed E-state index contributed by atoms with van der Waals surface area (Å²) in [6.45, 7) is 6.06. The highest BCUT2D eigenvalue weighted by Gasteiger charge is 2.37. The SMILES string of the molecule is C=C(OCC)C(=O)NCCNC(=O)CCN1C(=O)CC(NC)C1=O. The van der Waals surface area contributed by atoms with Gasteiger partial charge in [-0.1, -0.05) is 6.58 Å². The summed E-state index contributed by atoms with van der Waals surface area (Å²) in [5.74, 6) is -1.31. The molecule has 0 spiro atoms. The minimum absolute atomic E-state index is 0.0213. The van der Waals surface area contributed by atoms with Gasteiger partial charge in [0.05, 0.1) is 19.1 Å². The smallest absolute Gasteiger partial charge is 0.285 e. The zero-order valence-electron chi connectivity index (χ0n) is 14.0. The molecule has 1 unspecified atom stereocenters. The third-order valence-electron chi connectivity index (χ3n) is 3.46. The summed E-state index contributed by atoms with van der Waals surface area (Å²) in [6.07, 6.45) is 0.139. The van der Waals surface area contributed by atoms with Crippen LogP contribution in [0.25, 0.3) is 0 Å². The first-order valence-electron chi connectivity index (χ1n) is 7.78. The summed E-state index contributed by atoms with van der Waals surface area (Å²) >= 11 is 0. The van der Waals surface area contributed by atoms with Gasteiger partial charge in [0.2, 0.25) is 17.7 Å². The number of ether oxygens (including phenoxy) is 1. The van der Waals surface area contributed by atoms with E-state index in [0.717, 1.165) is 4.90 Å². The van der Waals surface area contributed by atoms with Crippen LogP contribution in [-0.2, 0) is 23.9 Å². The number of amides is 4. The average molecular weight is 340 g/mol. The lowest BCUT2D eigenvalue weighted by atomic mass is 10.2. The highest BCUT2D eigenvalue weighted by atomic mass is 16.5. The van der Waals surface area contributed by atoms with E-state index in [1.165, 1.54) is 0 Å². The quantitative estimate of drug-likeness (QED) is 0.193. The van der Waals surface area contributed by atoms with Crippen molar-refractivity contribution in [2.45, 2.75) is 25.8 Å². The highest BCUT2D eigenvalue weighted by Crippen LogP contribution is 2.12. The fraction of sp³-hybridized carbons (Fsp3) is 0.600. The standard InChI is InChI=1S/C15H24N4O5/c1-4-24-10(2)14(22)18-7-6-17-12(20)5-8-19-13(21)9-11(16-3)15(19)23/h11,16H,2,4-9H2,1,3H3,(H,17,20)(H,18,22). The van der Waals surface area contributed by atoms with E-state index in [1.807, 2.05) is 0 Å². The van der Waals surface area contributed by atoms with E-state index >= 15 is 0 Å². The molecule has 24 heavy (non-hydrogen) atoms. The number of hydrogen-bond acceptors (Lipinski definition) is 6. The van der Waals surface area contributed by atoms with Crippen LogP contribution in [-0.4, -0.2) is 67.9 Å². The van der Waals surface area contributed by atoms with E-state index in [0.29, 0.717) is 6.61 Å². The van der Waals surface area contributed by atoms with Gasteiger partial charge in [0.1, 0.15) is 0 Å². The number of likely N-dealkylation sites (N-methyl/N-ethyl adjacent to an activating group) is 1. The number of rotatable bonds is 10. The van der Waals surface area contributed by atoms with Crippen LogP contribution in [0.3, 0.4) is 0 Å². The van der Waals surface area contributed by atoms with Gasteiger partial charge in [-0.25, -0.2) is 0 Å². The van der Waals surface area contributed by atoms with E-state index in [-0.39, 0.29) is 56.0 Å². The van der Waals surface area contributed by atoms with Crippen molar-refractivity contribution >= 4 is 23.6 Å². The number of likely N-dealkylation sites (tertiary alicyclic amines) is 1. The molecular weight excluding hydrogens is 316 g/mol. The van der Waals surface area contributed by atoms with Crippen LogP contribution in [0.5, 0.6) is 0 Å². The normalized spacial score (nSPS) is 16.9. The van der Waals surface area contributed by atoms with Gasteiger partial charge < -0.3 is 20.7 Å². The van der Waals surface area contributed by atoms with Gasteiger partial charge in [0, 0.05) is 26.1 Å². The van der Waals surface area contributed by atoms with E-state index in [9.17, 15) is 19.2 Å². The lowest BCUT2D eigenvalue weighted by Gasteiger charge is -2.14. The summed E-state index contributed by atoms with van der Waals surface area (Å²) in [5.41, 5.74) is 0. The summed E-state index contributed by atoms with van der Waals surface area (Å²) in [6, 6.07) is -0.505. The number of carbonyl (C=O) groups excluding carboxylic acids is 4. The molecule has 1 saturated heterocycles. The Labute approximate surface area is 140 Å². The minimum atomic E-state index is -0.505. The molecule has 134 valence electrons. The van der Waals surface area contributed by atoms with Crippen LogP contribution in [0.15, 0.2) is 12.3 Å². The molecule has 1 heterocycles. The molecule has 0 aromatic rings. The zero-order valence-corrected chi connectivity index (χ0v) is 14.0. The van der Waals surface area contributed by atoms with Crippen molar-refractivity contribution in [3.05, 3.63) is 12.3 Å². The molecule has 4 amide bonds. The van der Waals surface area contributed by atoms with Gasteiger partial charge in [-0.05, 0) is 14.0 Å². The molecule has 0 bridgehead atoms. The predicted molar refractivity (Wildman–Crippen MR) is 85.6 cm³/mol. The molecule has 9 heteroatoms. The molecule has 0 saturated carbocycles. The highest BCUT2D eigenvalue weighted by molar-refractivity contribution is 6.05. The summed E-state index contributed by atoms with van der Waals surface area (Å²) < 4.78 is 4.95. The minimum Gasteiger partial charge on any atom is -0.489 e. The molecule has 0 aliphatic carbocycles. The second-order valence-electron chi connectivity index (χ2n) is 5.14. The molecule has 1 atom stereocenters. The molecule has 0 aromatic carbocycles. The van der Waals surface area contributed by atoms with Crippen molar-refractivity contribution in [3.63, 3.8) is 0 Å². The molecule has 1 aliphatic heterocycles. The van der Waals surface area contributed by atoms with Crippen molar-refractivity contribution in [2.24, 2.45) is 0 Å². The van der Waals surface area contributed by atoms with E-state index in [4.69, 9.17) is 4.74 Å². The first-order chi connectivity index (χ1) is 11.4. The second-order valence-corrected chi connectivity index (χ2v) is 5.14. The van der Waals surface area contributed by atoms with Crippen molar-refractivity contribution in [1.29, 1.82) is 0 Å². The topological polar surface area (TPSA) is 117 Å². The van der Waals surface area contributed by atoms with Crippen LogP contribution >= 0.6 is 0 Å². The summed E-state index contributed by atoms with van der Waals surface area (Å²) in [4.78, 5) is 47.8. The Morgan fingerprint density at radius 2 is 1.96 bits per heavy atom. The monoisotopic (exact) mass is 340 g/mol. The van der Waals surface area contributed by atoms with Crippen LogP contribution in [0.2, 0.25) is 0 Å². The van der Waals surface area contributed by atoms with Crippen LogP contribution in [0.1, 0.15) is 19.8 Å². The fourth-order valence-electron chi connectivity index (χ4n) is 2.16. The van der Waals surface area contributed by atoms with Gasteiger partial charge in [0.25, 0.3) is 5.91 Å². The molecule has 1 aliphatic rings. The molecule has 3 N–H and O–H groups in total. The van der Waals surface area contributed by atoms with Crippen molar-refractivity contribution in [3.8, 4) is 0 Å². The Balaban J connectivity index is 2.21. The third-order valence-corrected chi connectivity index (χ3v) is 3.46. The van der Waals surface area contributed by atoms with Crippen LogP contribution < -0.4 is 16.0 Å². The predicted octanol–water partition coefficient (Wildman–Crippen LogP) is -1.49. The first kappa shape index (κ1) is 19.6. The van der Waals surface area contributed by atoms with E-state index in [2.05, 4.69) is 22.5 Å². The molecule has 0 radical (unpaired) electrons. The maximum atomic E-state index is 11.9. The second kappa shape index (κ2) is 9.66. The number of carbonyl (C=O) groups is 4. The Hall–Kier alpha value is -2.42. The fourth-order valence-corrected chi connectivity index (χ4v) is 2.16. The van der Waals surface area contributed by atoms with Gasteiger partial charge in [0.15, 0.2) is 5.76 Å². The van der Waals surface area contributed by atoms with E-state index < -0.39 is 11.9 Å². The lowest BCUT2D eigenvalue weighted by molar-refractivity contribution is -0.139.